The second-order valence-corrected chi connectivity index (χ2v) is 6.18. The standard InChI is InChI=1S/C15H19N3S/c1-11-8-9-12(2)18(10-11)15-16-14(17-19-15)13-6-4-3-5-7-13/h3-7,11-12H,8-10H2,1-2H3. The number of hydrogen-bond acceptors (Lipinski definition) is 4. The average Bonchev–Trinajstić information content (AvgIpc) is 2.92. The first-order chi connectivity index (χ1) is 9.24. The van der Waals surface area contributed by atoms with Gasteiger partial charge in [0.05, 0.1) is 0 Å². The maximum atomic E-state index is 4.72. The number of anilines is 1. The summed E-state index contributed by atoms with van der Waals surface area (Å²) in [5, 5.41) is 1.07. The predicted molar refractivity (Wildman–Crippen MR) is 80.6 cm³/mol. The number of piperidine rings is 1. The van der Waals surface area contributed by atoms with Crippen LogP contribution < -0.4 is 4.90 Å². The molecule has 0 saturated carbocycles. The van der Waals surface area contributed by atoms with Crippen molar-refractivity contribution in [2.75, 3.05) is 11.4 Å². The molecule has 1 aliphatic rings. The van der Waals surface area contributed by atoms with Crippen LogP contribution in [0.15, 0.2) is 30.3 Å². The van der Waals surface area contributed by atoms with Crippen molar-refractivity contribution < 1.29 is 0 Å². The zero-order chi connectivity index (χ0) is 13.2. The lowest BCUT2D eigenvalue weighted by atomic mass is 9.96. The topological polar surface area (TPSA) is 29.0 Å². The van der Waals surface area contributed by atoms with Crippen molar-refractivity contribution >= 4 is 16.7 Å². The molecule has 2 unspecified atom stereocenters. The smallest absolute Gasteiger partial charge is 0.205 e. The Bertz CT molecular complexity index is 537. The Balaban J connectivity index is 1.85. The molecule has 0 N–H and O–H groups in total. The van der Waals surface area contributed by atoms with Crippen molar-refractivity contribution in [2.45, 2.75) is 32.7 Å². The van der Waals surface area contributed by atoms with E-state index in [2.05, 4.69) is 35.3 Å². The summed E-state index contributed by atoms with van der Waals surface area (Å²) in [7, 11) is 0. The van der Waals surface area contributed by atoms with Gasteiger partial charge in [-0.1, -0.05) is 37.3 Å². The molecule has 1 aromatic heterocycles. The maximum Gasteiger partial charge on any atom is 0.205 e. The summed E-state index contributed by atoms with van der Waals surface area (Å²) < 4.78 is 4.51. The molecule has 2 atom stereocenters. The minimum absolute atomic E-state index is 0.577. The zero-order valence-corrected chi connectivity index (χ0v) is 12.2. The molecule has 0 amide bonds. The van der Waals surface area contributed by atoms with Crippen LogP contribution >= 0.6 is 11.5 Å². The molecule has 3 rings (SSSR count). The third-order valence-electron chi connectivity index (χ3n) is 3.81. The largest absolute Gasteiger partial charge is 0.344 e. The predicted octanol–water partition coefficient (Wildman–Crippen LogP) is 3.83. The number of benzene rings is 1. The van der Waals surface area contributed by atoms with Crippen molar-refractivity contribution in [3.63, 3.8) is 0 Å². The first-order valence-electron chi connectivity index (χ1n) is 6.90. The van der Waals surface area contributed by atoms with Gasteiger partial charge in [0.2, 0.25) is 5.13 Å². The fourth-order valence-electron chi connectivity index (χ4n) is 2.59. The Morgan fingerprint density at radius 2 is 1.95 bits per heavy atom. The minimum atomic E-state index is 0.577. The van der Waals surface area contributed by atoms with Gasteiger partial charge in [-0.15, -0.1) is 0 Å². The summed E-state index contributed by atoms with van der Waals surface area (Å²) in [6.07, 6.45) is 2.57. The van der Waals surface area contributed by atoms with Gasteiger partial charge in [-0.05, 0) is 25.7 Å². The van der Waals surface area contributed by atoms with Gasteiger partial charge in [-0.2, -0.15) is 9.36 Å². The van der Waals surface area contributed by atoms with Gasteiger partial charge < -0.3 is 4.90 Å². The van der Waals surface area contributed by atoms with E-state index >= 15 is 0 Å². The molecule has 0 radical (unpaired) electrons. The van der Waals surface area contributed by atoms with E-state index in [1.54, 1.807) is 0 Å². The minimum Gasteiger partial charge on any atom is -0.344 e. The quantitative estimate of drug-likeness (QED) is 0.832. The Hall–Kier alpha value is -1.42. The van der Waals surface area contributed by atoms with Crippen LogP contribution in [0.5, 0.6) is 0 Å². The van der Waals surface area contributed by atoms with Crippen LogP contribution in [0.2, 0.25) is 0 Å². The molecule has 1 saturated heterocycles. The van der Waals surface area contributed by atoms with Gasteiger partial charge in [-0.25, -0.2) is 0 Å². The van der Waals surface area contributed by atoms with E-state index < -0.39 is 0 Å². The maximum absolute atomic E-state index is 4.72. The van der Waals surface area contributed by atoms with Gasteiger partial charge in [-0.3, -0.25) is 0 Å². The highest BCUT2D eigenvalue weighted by Crippen LogP contribution is 2.30. The van der Waals surface area contributed by atoms with Crippen LogP contribution in [0.1, 0.15) is 26.7 Å². The van der Waals surface area contributed by atoms with Gasteiger partial charge in [0.25, 0.3) is 0 Å². The molecule has 0 bridgehead atoms. The molecular formula is C15H19N3S. The molecule has 2 heterocycles. The molecular weight excluding hydrogens is 254 g/mol. The molecule has 0 aliphatic carbocycles. The molecule has 1 aliphatic heterocycles. The van der Waals surface area contributed by atoms with Crippen LogP contribution in [0, 0.1) is 5.92 Å². The van der Waals surface area contributed by atoms with E-state index in [0.29, 0.717) is 6.04 Å². The van der Waals surface area contributed by atoms with E-state index in [-0.39, 0.29) is 0 Å². The van der Waals surface area contributed by atoms with Crippen molar-refractivity contribution in [1.82, 2.24) is 9.36 Å². The fourth-order valence-corrected chi connectivity index (χ4v) is 3.39. The third kappa shape index (κ3) is 2.63. The highest BCUT2D eigenvalue weighted by atomic mass is 32.1. The Labute approximate surface area is 118 Å². The second kappa shape index (κ2) is 5.29. The highest BCUT2D eigenvalue weighted by molar-refractivity contribution is 7.09. The Morgan fingerprint density at radius 1 is 1.16 bits per heavy atom. The van der Waals surface area contributed by atoms with E-state index in [1.165, 1.54) is 24.4 Å². The molecule has 3 nitrogen and oxygen atoms in total. The summed E-state index contributed by atoms with van der Waals surface area (Å²) >= 11 is 1.52. The van der Waals surface area contributed by atoms with Crippen LogP contribution in [-0.4, -0.2) is 21.9 Å². The SMILES string of the molecule is CC1CCC(C)N(c2nc(-c3ccccc3)ns2)C1. The molecule has 2 aromatic rings. The van der Waals surface area contributed by atoms with Gasteiger partial charge in [0, 0.05) is 29.7 Å². The van der Waals surface area contributed by atoms with E-state index in [9.17, 15) is 0 Å². The number of hydrogen-bond donors (Lipinski definition) is 0. The summed E-state index contributed by atoms with van der Waals surface area (Å²) in [5.41, 5.74) is 1.10. The summed E-state index contributed by atoms with van der Waals surface area (Å²) in [6, 6.07) is 10.8. The first-order valence-corrected chi connectivity index (χ1v) is 7.67. The lowest BCUT2D eigenvalue weighted by molar-refractivity contribution is 0.390. The van der Waals surface area contributed by atoms with Crippen LogP contribution in [0.3, 0.4) is 0 Å². The van der Waals surface area contributed by atoms with Crippen molar-refractivity contribution in [1.29, 1.82) is 0 Å². The van der Waals surface area contributed by atoms with Crippen molar-refractivity contribution in [3.05, 3.63) is 30.3 Å². The lowest BCUT2D eigenvalue weighted by Gasteiger charge is -2.36. The number of nitrogens with zero attached hydrogens (tertiary/aromatic N) is 3. The summed E-state index contributed by atoms with van der Waals surface area (Å²) in [4.78, 5) is 7.14. The Kier molecular flexibility index (Phi) is 3.51. The van der Waals surface area contributed by atoms with Crippen LogP contribution in [-0.2, 0) is 0 Å². The molecule has 0 spiro atoms. The first kappa shape index (κ1) is 12.6. The zero-order valence-electron chi connectivity index (χ0n) is 11.4. The van der Waals surface area contributed by atoms with E-state index in [0.717, 1.165) is 29.0 Å². The summed E-state index contributed by atoms with van der Waals surface area (Å²) in [6.45, 7) is 5.71. The van der Waals surface area contributed by atoms with Gasteiger partial charge in [0.15, 0.2) is 5.82 Å². The van der Waals surface area contributed by atoms with Crippen LogP contribution in [0.4, 0.5) is 5.13 Å². The van der Waals surface area contributed by atoms with E-state index in [1.807, 2.05) is 18.2 Å². The third-order valence-corrected chi connectivity index (χ3v) is 4.56. The monoisotopic (exact) mass is 273 g/mol. The van der Waals surface area contributed by atoms with Gasteiger partial charge >= 0.3 is 0 Å². The van der Waals surface area contributed by atoms with Crippen molar-refractivity contribution in [3.8, 4) is 11.4 Å². The van der Waals surface area contributed by atoms with Crippen LogP contribution in [0.25, 0.3) is 11.4 Å². The van der Waals surface area contributed by atoms with Gasteiger partial charge in [0.1, 0.15) is 0 Å². The highest BCUT2D eigenvalue weighted by Gasteiger charge is 2.25. The lowest BCUT2D eigenvalue weighted by Crippen LogP contribution is -2.41. The van der Waals surface area contributed by atoms with Crippen molar-refractivity contribution in [2.24, 2.45) is 5.92 Å². The normalized spacial score (nSPS) is 23.6. The fraction of sp³-hybridized carbons (Fsp3) is 0.467. The molecule has 1 aromatic carbocycles. The molecule has 100 valence electrons. The average molecular weight is 273 g/mol. The van der Waals surface area contributed by atoms with E-state index in [4.69, 9.17) is 4.98 Å². The second-order valence-electron chi connectivity index (χ2n) is 5.45. The molecule has 4 heteroatoms. The molecule has 19 heavy (non-hydrogen) atoms. The molecule has 1 fully saturated rings. The Morgan fingerprint density at radius 3 is 2.74 bits per heavy atom. The summed E-state index contributed by atoms with van der Waals surface area (Å²) in [5.74, 6) is 1.60. The number of aromatic nitrogens is 2. The number of rotatable bonds is 2.